The summed E-state index contributed by atoms with van der Waals surface area (Å²) in [6, 6.07) is 0. The Morgan fingerprint density at radius 3 is 1.12 bits per heavy atom. The minimum atomic E-state index is -0.981. The van der Waals surface area contributed by atoms with E-state index < -0.39 is 16.1 Å². The van der Waals surface area contributed by atoms with Crippen molar-refractivity contribution < 1.29 is 48.1 Å². The van der Waals surface area contributed by atoms with Crippen molar-refractivity contribution in [3.8, 4) is 0 Å². The smallest absolute Gasteiger partial charge is 1.00 e. The van der Waals surface area contributed by atoms with Crippen LogP contribution in [0, 0.1) is 12.2 Å². The van der Waals surface area contributed by atoms with Gasteiger partial charge in [-0.3, -0.25) is 12.2 Å². The summed E-state index contributed by atoms with van der Waals surface area (Å²) in [5.74, 6) is 0. The molecule has 0 nitrogen and oxygen atoms in total. The van der Waals surface area contributed by atoms with Gasteiger partial charge < -0.3 is 24.8 Å². The number of rotatable bonds is 2. The van der Waals surface area contributed by atoms with Gasteiger partial charge in [-0.05, 0) is 16.1 Å². The Morgan fingerprint density at radius 2 is 1.04 bits per heavy atom. The van der Waals surface area contributed by atoms with Crippen LogP contribution in [0.2, 0.25) is 52.4 Å². The zero-order valence-corrected chi connectivity index (χ0v) is 23.4. The van der Waals surface area contributed by atoms with Gasteiger partial charge in [-0.25, -0.2) is 22.5 Å². The third-order valence-corrected chi connectivity index (χ3v) is 7.29. The van der Waals surface area contributed by atoms with E-state index in [9.17, 15) is 0 Å². The van der Waals surface area contributed by atoms with Gasteiger partial charge in [0.1, 0.15) is 0 Å². The molecule has 24 heavy (non-hydrogen) atoms. The van der Waals surface area contributed by atoms with Gasteiger partial charge in [-0.15, -0.1) is 12.8 Å². The first kappa shape index (κ1) is 29.8. The Balaban J connectivity index is -0.000000283. The maximum absolute atomic E-state index is 3.20. The molecular weight excluding hydrogens is 463 g/mol. The number of hydrogen-bond donors (Lipinski definition) is 0. The maximum Gasteiger partial charge on any atom is -1.00 e. The summed E-state index contributed by atoms with van der Waals surface area (Å²) < 4.78 is 0. The van der Waals surface area contributed by atoms with E-state index in [0.717, 1.165) is 12.8 Å². The average molecular weight is 495 g/mol. The van der Waals surface area contributed by atoms with Crippen molar-refractivity contribution in [3.05, 3.63) is 46.8 Å². The van der Waals surface area contributed by atoms with Crippen molar-refractivity contribution in [2.45, 2.75) is 65.2 Å². The summed E-state index contributed by atoms with van der Waals surface area (Å²) in [5.41, 5.74) is 0.210. The molecule has 0 bridgehead atoms. The van der Waals surface area contributed by atoms with E-state index in [0.29, 0.717) is 0 Å². The molecule has 0 aliphatic heterocycles. The topological polar surface area (TPSA) is 0 Å². The zero-order chi connectivity index (χ0) is 17.4. The van der Waals surface area contributed by atoms with Gasteiger partial charge in [0, 0.05) is 0 Å². The third-order valence-electron chi connectivity index (χ3n) is 3.13. The van der Waals surface area contributed by atoms with E-state index >= 15 is 0 Å². The molecule has 0 atom stereocenters. The molecule has 2 aliphatic carbocycles. The standard InChI is InChI=1S/2C8H13Si.C2H6Si.2ClH.Zr/c2*1-9(2,3)8-6-4-5-7-8;1-3-2;;;/h2*6-7H,4H2,1-3H3;1-2H3;2*1H;/q2*-1;;;;+2/p-2. The van der Waals surface area contributed by atoms with E-state index in [4.69, 9.17) is 0 Å². The van der Waals surface area contributed by atoms with Gasteiger partial charge in [0.15, 0.2) is 0 Å². The van der Waals surface area contributed by atoms with Crippen LogP contribution in [-0.2, 0) is 23.3 Å². The van der Waals surface area contributed by atoms with Crippen LogP contribution in [0.5, 0.6) is 0 Å². The van der Waals surface area contributed by atoms with Crippen molar-refractivity contribution >= 4 is 21.6 Å². The molecule has 2 rings (SSSR count). The van der Waals surface area contributed by atoms with Gasteiger partial charge in [0.05, 0.1) is 0 Å². The molecule has 0 radical (unpaired) electrons. The summed E-state index contributed by atoms with van der Waals surface area (Å²) in [5, 5.41) is 3.12. The average Bonchev–Trinajstić information content (AvgIpc) is 3.02. The normalized spacial score (nSPS) is 14.9. The zero-order valence-electron chi connectivity index (χ0n) is 16.5. The van der Waals surface area contributed by atoms with Crippen LogP contribution in [0.3, 0.4) is 0 Å². The first-order valence-electron chi connectivity index (χ1n) is 8.01. The van der Waals surface area contributed by atoms with E-state index in [2.05, 4.69) is 88.8 Å². The minimum absolute atomic E-state index is 0. The van der Waals surface area contributed by atoms with Crippen LogP contribution in [-0.4, -0.2) is 21.6 Å². The molecule has 6 heteroatoms. The van der Waals surface area contributed by atoms with Crippen molar-refractivity contribution in [2.75, 3.05) is 0 Å². The monoisotopic (exact) mass is 492 g/mol. The Hall–Kier alpha value is 1.07. The van der Waals surface area contributed by atoms with Gasteiger partial charge in [0.2, 0.25) is 0 Å². The number of allylic oxidation sites excluding steroid dienone is 8. The van der Waals surface area contributed by atoms with Crippen molar-refractivity contribution in [3.63, 3.8) is 0 Å². The van der Waals surface area contributed by atoms with Crippen molar-refractivity contribution in [1.82, 2.24) is 0 Å². The van der Waals surface area contributed by atoms with Crippen LogP contribution in [0.1, 0.15) is 12.8 Å². The number of hydrogen-bond acceptors (Lipinski definition) is 0. The summed E-state index contributed by atoms with van der Waals surface area (Å²) in [4.78, 5) is 0. The largest absolute Gasteiger partial charge is 1.00 e. The first-order chi connectivity index (χ1) is 9.94. The minimum Gasteiger partial charge on any atom is -1.00 e. The molecule has 0 heterocycles. The van der Waals surface area contributed by atoms with Crippen molar-refractivity contribution in [2.24, 2.45) is 0 Å². The maximum atomic E-state index is 3.20. The quantitative estimate of drug-likeness (QED) is 0.372. The fraction of sp³-hybridized carbons (Fsp3) is 0.556. The van der Waals surface area contributed by atoms with Crippen LogP contribution < -0.4 is 24.8 Å². The fourth-order valence-electron chi connectivity index (χ4n) is 1.84. The molecule has 0 spiro atoms. The molecule has 0 fully saturated rings. The van der Waals surface area contributed by atoms with Crippen LogP contribution >= 0.6 is 0 Å². The molecule has 136 valence electrons. The number of halogens is 2. The van der Waals surface area contributed by atoms with Crippen LogP contribution in [0.15, 0.2) is 34.7 Å². The third kappa shape index (κ3) is 15.3. The second kappa shape index (κ2) is 14.2. The molecule has 0 saturated heterocycles. The predicted molar refractivity (Wildman–Crippen MR) is 105 cm³/mol. The summed E-state index contributed by atoms with van der Waals surface area (Å²) in [7, 11) is -1.96. The first-order valence-corrected chi connectivity index (χ1v) is 21.2. The Morgan fingerprint density at radius 1 is 0.792 bits per heavy atom. The summed E-state index contributed by atoms with van der Waals surface area (Å²) >= 11 is 1.74. The Kier molecular flexibility index (Phi) is 17.6. The second-order valence-electron chi connectivity index (χ2n) is 7.92. The van der Waals surface area contributed by atoms with Gasteiger partial charge in [-0.2, -0.15) is 12.2 Å². The Bertz CT molecular complexity index is 449. The fourth-order valence-corrected chi connectivity index (χ4v) is 4.34. The molecule has 2 aliphatic rings. The molecule has 0 aromatic rings. The van der Waals surface area contributed by atoms with E-state index in [1.807, 2.05) is 0 Å². The molecular formula is C18H32Cl2Si3Zr-2. The van der Waals surface area contributed by atoms with E-state index in [-0.39, 0.29) is 30.2 Å². The van der Waals surface area contributed by atoms with E-state index in [1.165, 1.54) is 0 Å². The summed E-state index contributed by atoms with van der Waals surface area (Å²) in [6.07, 6.45) is 17.4. The second-order valence-corrected chi connectivity index (χ2v) is 27.5. The van der Waals surface area contributed by atoms with Gasteiger partial charge >= 0.3 is 41.9 Å². The Labute approximate surface area is 180 Å². The molecule has 0 amide bonds. The van der Waals surface area contributed by atoms with Crippen LogP contribution in [0.4, 0.5) is 0 Å². The molecule has 0 aromatic heterocycles. The van der Waals surface area contributed by atoms with Crippen molar-refractivity contribution in [1.29, 1.82) is 0 Å². The molecule has 0 unspecified atom stereocenters. The molecule has 0 saturated carbocycles. The van der Waals surface area contributed by atoms with Gasteiger partial charge in [0.25, 0.3) is 0 Å². The predicted octanol–water partition coefficient (Wildman–Crippen LogP) is -0.101. The van der Waals surface area contributed by atoms with Gasteiger partial charge in [-0.1, -0.05) is 39.3 Å². The molecule has 0 N–H and O–H groups in total. The SMILES string of the molecule is C[Si](C)(C)C1=CC[C-]=C1.C[Si](C)(C)C1=CC[C-]=C1.C[Si](C)=[Zr+2].[Cl-].[Cl-]. The van der Waals surface area contributed by atoms with E-state index in [1.54, 1.807) is 33.7 Å². The molecule has 0 aromatic carbocycles. The van der Waals surface area contributed by atoms with Crippen LogP contribution in [0.25, 0.3) is 0 Å². The summed E-state index contributed by atoms with van der Waals surface area (Å²) in [6.45, 7) is 18.8.